The number of hydrogen-bond donors (Lipinski definition) is 2. The third-order valence-corrected chi connectivity index (χ3v) is 3.20. The molecule has 2 rings (SSSR count). The topological polar surface area (TPSA) is 87.5 Å². The minimum absolute atomic E-state index is 0.0305. The van der Waals surface area contributed by atoms with Gasteiger partial charge in [0.05, 0.1) is 0 Å². The Kier molecular flexibility index (Phi) is 3.07. The second-order valence-electron chi connectivity index (χ2n) is 3.29. The highest BCUT2D eigenvalue weighted by Gasteiger charge is 2.23. The van der Waals surface area contributed by atoms with Crippen LogP contribution in [0.25, 0.3) is 10.6 Å². The molecule has 0 atom stereocenters. The van der Waals surface area contributed by atoms with E-state index in [1.807, 2.05) is 0 Å². The molecule has 1 aromatic heterocycles. The highest BCUT2D eigenvalue weighted by Crippen LogP contribution is 2.29. The summed E-state index contributed by atoms with van der Waals surface area (Å²) < 4.78 is 13.5. The van der Waals surface area contributed by atoms with Gasteiger partial charge in [-0.25, -0.2) is 19.0 Å². The van der Waals surface area contributed by atoms with Gasteiger partial charge >= 0.3 is 11.9 Å². The normalized spacial score (nSPS) is 10.3. The van der Waals surface area contributed by atoms with Gasteiger partial charge in [-0.2, -0.15) is 0 Å². The Balaban J connectivity index is 2.61. The lowest BCUT2D eigenvalue weighted by molar-refractivity contribution is 0.0651. The smallest absolute Gasteiger partial charge is 0.356 e. The predicted octanol–water partition coefficient (Wildman–Crippen LogP) is 2.35. The molecule has 0 amide bonds. The van der Waals surface area contributed by atoms with Crippen molar-refractivity contribution in [3.63, 3.8) is 0 Å². The molecule has 0 aliphatic rings. The van der Waals surface area contributed by atoms with Crippen LogP contribution in [0, 0.1) is 5.82 Å². The largest absolute Gasteiger partial charge is 0.477 e. The van der Waals surface area contributed by atoms with Crippen molar-refractivity contribution in [1.29, 1.82) is 0 Å². The fraction of sp³-hybridized carbons (Fsp3) is 0. The Morgan fingerprint density at radius 3 is 2.33 bits per heavy atom. The minimum Gasteiger partial charge on any atom is -0.477 e. The second kappa shape index (κ2) is 4.53. The van der Waals surface area contributed by atoms with Gasteiger partial charge in [0.2, 0.25) is 0 Å². The van der Waals surface area contributed by atoms with E-state index in [1.54, 1.807) is 6.07 Å². The van der Waals surface area contributed by atoms with E-state index in [1.165, 1.54) is 18.2 Å². The van der Waals surface area contributed by atoms with Crippen molar-refractivity contribution in [3.8, 4) is 10.6 Å². The number of hydrogen-bond acceptors (Lipinski definition) is 4. The molecular formula is C11H6FNO4S. The second-order valence-corrected chi connectivity index (χ2v) is 4.29. The molecule has 7 heteroatoms. The molecule has 1 aromatic carbocycles. The number of benzene rings is 1. The Labute approximate surface area is 104 Å². The van der Waals surface area contributed by atoms with Crippen LogP contribution in [0.15, 0.2) is 24.3 Å². The fourth-order valence-electron chi connectivity index (χ4n) is 1.36. The van der Waals surface area contributed by atoms with Crippen LogP contribution in [0.5, 0.6) is 0 Å². The van der Waals surface area contributed by atoms with E-state index in [2.05, 4.69) is 4.98 Å². The first-order valence-electron chi connectivity index (χ1n) is 4.73. The van der Waals surface area contributed by atoms with Crippen molar-refractivity contribution in [1.82, 2.24) is 4.98 Å². The van der Waals surface area contributed by atoms with Crippen LogP contribution in [0.4, 0.5) is 4.39 Å². The zero-order valence-electron chi connectivity index (χ0n) is 8.75. The van der Waals surface area contributed by atoms with Gasteiger partial charge in [0.25, 0.3) is 0 Å². The first-order valence-corrected chi connectivity index (χ1v) is 5.54. The summed E-state index contributed by atoms with van der Waals surface area (Å²) >= 11 is 0.632. The number of aromatic nitrogens is 1. The van der Waals surface area contributed by atoms with Gasteiger partial charge in [0, 0.05) is 5.56 Å². The van der Waals surface area contributed by atoms with Crippen LogP contribution in [0.2, 0.25) is 0 Å². The summed E-state index contributed by atoms with van der Waals surface area (Å²) in [5.74, 6) is -3.43. The van der Waals surface area contributed by atoms with E-state index in [0.717, 1.165) is 0 Å². The number of rotatable bonds is 3. The Bertz CT molecular complexity index is 606. The fourth-order valence-corrected chi connectivity index (χ4v) is 2.28. The van der Waals surface area contributed by atoms with Gasteiger partial charge in [-0.15, -0.1) is 11.3 Å². The van der Waals surface area contributed by atoms with Crippen molar-refractivity contribution >= 4 is 23.3 Å². The molecule has 0 aliphatic heterocycles. The summed E-state index contributed by atoms with van der Waals surface area (Å²) in [5, 5.41) is 17.7. The molecular weight excluding hydrogens is 261 g/mol. The van der Waals surface area contributed by atoms with Gasteiger partial charge in [-0.1, -0.05) is 12.1 Å². The van der Waals surface area contributed by atoms with E-state index in [-0.39, 0.29) is 10.6 Å². The number of carboxylic acid groups (broad SMARTS) is 2. The van der Waals surface area contributed by atoms with E-state index >= 15 is 0 Å². The van der Waals surface area contributed by atoms with Crippen molar-refractivity contribution in [3.05, 3.63) is 40.7 Å². The monoisotopic (exact) mass is 267 g/mol. The van der Waals surface area contributed by atoms with Crippen LogP contribution in [-0.4, -0.2) is 27.1 Å². The van der Waals surface area contributed by atoms with Gasteiger partial charge < -0.3 is 10.2 Å². The van der Waals surface area contributed by atoms with Crippen molar-refractivity contribution < 1.29 is 24.2 Å². The lowest BCUT2D eigenvalue weighted by Crippen LogP contribution is -2.05. The molecule has 0 spiro atoms. The molecule has 2 aromatic rings. The standard InChI is InChI=1S/C11H6FNO4S/c12-6-4-2-1-3-5(6)9-13-7(10(14)15)8(18-9)11(16)17/h1-4H,(H,14,15)(H,16,17). The Morgan fingerprint density at radius 1 is 1.17 bits per heavy atom. The molecule has 0 bridgehead atoms. The Morgan fingerprint density at radius 2 is 1.83 bits per heavy atom. The lowest BCUT2D eigenvalue weighted by Gasteiger charge is -1.96. The highest BCUT2D eigenvalue weighted by molar-refractivity contribution is 7.17. The maximum absolute atomic E-state index is 13.5. The number of carboxylic acids is 2. The van der Waals surface area contributed by atoms with E-state index in [0.29, 0.717) is 11.3 Å². The maximum Gasteiger partial charge on any atom is 0.356 e. The summed E-state index contributed by atoms with van der Waals surface area (Å²) in [6.07, 6.45) is 0. The van der Waals surface area contributed by atoms with Crippen LogP contribution in [0.3, 0.4) is 0 Å². The molecule has 0 aliphatic carbocycles. The zero-order chi connectivity index (χ0) is 13.3. The van der Waals surface area contributed by atoms with Gasteiger partial charge in [-0.05, 0) is 12.1 Å². The number of aromatic carboxylic acids is 2. The van der Waals surface area contributed by atoms with Crippen molar-refractivity contribution in [2.75, 3.05) is 0 Å². The average Bonchev–Trinajstić information content (AvgIpc) is 2.74. The summed E-state index contributed by atoms with van der Waals surface area (Å²) in [6.45, 7) is 0. The number of halogens is 1. The summed E-state index contributed by atoms with van der Waals surface area (Å²) in [7, 11) is 0. The van der Waals surface area contributed by atoms with Crippen LogP contribution in [0.1, 0.15) is 20.2 Å². The average molecular weight is 267 g/mol. The molecule has 5 nitrogen and oxygen atoms in total. The van der Waals surface area contributed by atoms with Crippen molar-refractivity contribution in [2.24, 2.45) is 0 Å². The van der Waals surface area contributed by atoms with Gasteiger partial charge in [0.15, 0.2) is 5.69 Å². The zero-order valence-corrected chi connectivity index (χ0v) is 9.57. The third-order valence-electron chi connectivity index (χ3n) is 2.13. The van der Waals surface area contributed by atoms with Gasteiger partial charge in [-0.3, -0.25) is 0 Å². The molecule has 18 heavy (non-hydrogen) atoms. The Hall–Kier alpha value is -2.28. The quantitative estimate of drug-likeness (QED) is 0.891. The molecule has 92 valence electrons. The van der Waals surface area contributed by atoms with E-state index < -0.39 is 28.3 Å². The highest BCUT2D eigenvalue weighted by atomic mass is 32.1. The summed E-state index contributed by atoms with van der Waals surface area (Å²) in [5.41, 5.74) is -0.497. The SMILES string of the molecule is O=C(O)c1nc(-c2ccccc2F)sc1C(=O)O. The number of carbonyl (C=O) groups is 2. The van der Waals surface area contributed by atoms with Gasteiger partial charge in [0.1, 0.15) is 15.7 Å². The molecule has 0 unspecified atom stereocenters. The first-order chi connectivity index (χ1) is 8.50. The van der Waals surface area contributed by atoms with Crippen LogP contribution < -0.4 is 0 Å². The number of thiazole rings is 1. The molecule has 0 saturated carbocycles. The molecule has 1 heterocycles. The number of nitrogens with zero attached hydrogens (tertiary/aromatic N) is 1. The predicted molar refractivity (Wildman–Crippen MR) is 61.4 cm³/mol. The molecule has 0 saturated heterocycles. The lowest BCUT2D eigenvalue weighted by atomic mass is 10.2. The third kappa shape index (κ3) is 2.07. The van der Waals surface area contributed by atoms with Crippen LogP contribution in [-0.2, 0) is 0 Å². The first kappa shape index (κ1) is 12.2. The molecule has 2 N–H and O–H groups in total. The maximum atomic E-state index is 13.5. The van der Waals surface area contributed by atoms with Crippen molar-refractivity contribution in [2.45, 2.75) is 0 Å². The van der Waals surface area contributed by atoms with Crippen LogP contribution >= 0.6 is 11.3 Å². The summed E-state index contributed by atoms with van der Waals surface area (Å²) in [6, 6.07) is 5.63. The minimum atomic E-state index is -1.45. The van der Waals surface area contributed by atoms with E-state index in [4.69, 9.17) is 10.2 Å². The van der Waals surface area contributed by atoms with E-state index in [9.17, 15) is 14.0 Å². The molecule has 0 radical (unpaired) electrons. The summed E-state index contributed by atoms with van der Waals surface area (Å²) in [4.78, 5) is 25.0. The molecule has 0 fully saturated rings.